The van der Waals surface area contributed by atoms with Crippen molar-refractivity contribution >= 4 is 5.97 Å². The van der Waals surface area contributed by atoms with Crippen LogP contribution in [0.4, 0.5) is 13.2 Å². The summed E-state index contributed by atoms with van der Waals surface area (Å²) in [5.74, 6) is -6.24. The number of rotatable bonds is 3. The number of alkyl halides is 2. The highest BCUT2D eigenvalue weighted by atomic mass is 19.3. The highest BCUT2D eigenvalue weighted by Crippen LogP contribution is 2.47. The first kappa shape index (κ1) is 13.9. The third kappa shape index (κ3) is 2.45. The van der Waals surface area contributed by atoms with Crippen LogP contribution >= 0.6 is 0 Å². The molecule has 2 N–H and O–H groups in total. The van der Waals surface area contributed by atoms with Crippen molar-refractivity contribution in [2.45, 2.75) is 30.8 Å². The predicted molar refractivity (Wildman–Crippen MR) is 60.2 cm³/mol. The number of hydrogen-bond acceptors (Lipinski definition) is 2. The third-order valence-electron chi connectivity index (χ3n) is 3.60. The minimum absolute atomic E-state index is 0.0795. The van der Waals surface area contributed by atoms with Gasteiger partial charge in [-0.15, -0.1) is 0 Å². The maximum absolute atomic E-state index is 13.2. The Morgan fingerprint density at radius 3 is 2.32 bits per heavy atom. The van der Waals surface area contributed by atoms with Gasteiger partial charge in [0.25, 0.3) is 0 Å². The molecule has 0 unspecified atom stereocenters. The van der Waals surface area contributed by atoms with Crippen LogP contribution in [0.5, 0.6) is 0 Å². The molecule has 0 spiro atoms. The molecule has 1 aromatic carbocycles. The van der Waals surface area contributed by atoms with E-state index in [0.717, 1.165) is 24.3 Å². The van der Waals surface area contributed by atoms with Crippen LogP contribution in [0.15, 0.2) is 24.3 Å². The van der Waals surface area contributed by atoms with Gasteiger partial charge < -0.3 is 10.2 Å². The molecule has 0 aliphatic heterocycles. The highest BCUT2D eigenvalue weighted by Gasteiger charge is 2.53. The van der Waals surface area contributed by atoms with Crippen LogP contribution in [-0.4, -0.2) is 22.1 Å². The molecule has 1 aliphatic carbocycles. The molecule has 0 heterocycles. The summed E-state index contributed by atoms with van der Waals surface area (Å²) in [6.45, 7) is 0. The van der Waals surface area contributed by atoms with Gasteiger partial charge in [-0.05, 0) is 24.1 Å². The van der Waals surface area contributed by atoms with E-state index in [1.54, 1.807) is 0 Å². The lowest BCUT2D eigenvalue weighted by molar-refractivity contribution is -0.167. The second kappa shape index (κ2) is 4.52. The molecular formula is C13H13F3O3. The van der Waals surface area contributed by atoms with Crippen LogP contribution in [0.2, 0.25) is 0 Å². The van der Waals surface area contributed by atoms with Gasteiger partial charge in [0, 0.05) is 18.8 Å². The predicted octanol–water partition coefficient (Wildman–Crippen LogP) is 2.53. The Morgan fingerprint density at radius 2 is 1.89 bits per heavy atom. The standard InChI is InChI=1S/C13H13F3O3/c14-10-3-1-8(2-4-10)13(19,11(17)18)9-5-6-12(15,16)7-9/h1-4,9,19H,5-7H2,(H,17,18)/t9-,13+/m1/s1. The number of carboxylic acid groups (broad SMARTS) is 1. The zero-order valence-corrected chi connectivity index (χ0v) is 9.94. The molecule has 0 aromatic heterocycles. The average molecular weight is 274 g/mol. The van der Waals surface area contributed by atoms with Crippen molar-refractivity contribution in [3.05, 3.63) is 35.6 Å². The molecule has 1 aromatic rings. The molecule has 104 valence electrons. The number of halogens is 3. The molecule has 0 radical (unpaired) electrons. The fraction of sp³-hybridized carbons (Fsp3) is 0.462. The van der Waals surface area contributed by atoms with Crippen molar-refractivity contribution in [1.82, 2.24) is 0 Å². The fourth-order valence-electron chi connectivity index (χ4n) is 2.54. The molecule has 1 fully saturated rings. The van der Waals surface area contributed by atoms with E-state index >= 15 is 0 Å². The van der Waals surface area contributed by atoms with Crippen molar-refractivity contribution < 1.29 is 28.2 Å². The number of carboxylic acids is 1. The van der Waals surface area contributed by atoms with Gasteiger partial charge in [-0.2, -0.15) is 0 Å². The quantitative estimate of drug-likeness (QED) is 0.890. The molecular weight excluding hydrogens is 261 g/mol. The first-order valence-electron chi connectivity index (χ1n) is 5.85. The monoisotopic (exact) mass is 274 g/mol. The zero-order valence-electron chi connectivity index (χ0n) is 9.94. The van der Waals surface area contributed by atoms with Crippen molar-refractivity contribution in [3.63, 3.8) is 0 Å². The Hall–Kier alpha value is -1.56. The number of hydrogen-bond donors (Lipinski definition) is 2. The summed E-state index contributed by atoms with van der Waals surface area (Å²) in [5, 5.41) is 19.5. The second-order valence-electron chi connectivity index (χ2n) is 4.87. The third-order valence-corrected chi connectivity index (χ3v) is 3.60. The van der Waals surface area contributed by atoms with Crippen molar-refractivity contribution in [3.8, 4) is 0 Å². The van der Waals surface area contributed by atoms with E-state index in [-0.39, 0.29) is 12.0 Å². The normalized spacial score (nSPS) is 24.9. The smallest absolute Gasteiger partial charge is 0.340 e. The molecule has 0 bridgehead atoms. The Balaban J connectivity index is 2.38. The minimum atomic E-state index is -2.96. The van der Waals surface area contributed by atoms with Gasteiger partial charge in [0.05, 0.1) is 0 Å². The van der Waals surface area contributed by atoms with Gasteiger partial charge >= 0.3 is 5.97 Å². The summed E-state index contributed by atoms with van der Waals surface area (Å²) in [4.78, 5) is 11.3. The van der Waals surface area contributed by atoms with E-state index in [2.05, 4.69) is 0 Å². The largest absolute Gasteiger partial charge is 0.479 e. The molecule has 1 saturated carbocycles. The van der Waals surface area contributed by atoms with Gasteiger partial charge in [0.15, 0.2) is 5.60 Å². The van der Waals surface area contributed by atoms with Crippen molar-refractivity contribution in [1.29, 1.82) is 0 Å². The maximum Gasteiger partial charge on any atom is 0.340 e. The van der Waals surface area contributed by atoms with E-state index in [1.807, 2.05) is 0 Å². The highest BCUT2D eigenvalue weighted by molar-refractivity contribution is 5.79. The first-order valence-corrected chi connectivity index (χ1v) is 5.85. The van der Waals surface area contributed by atoms with Crippen LogP contribution in [0.3, 0.4) is 0 Å². The summed E-state index contributed by atoms with van der Waals surface area (Å²) in [7, 11) is 0. The van der Waals surface area contributed by atoms with E-state index in [1.165, 1.54) is 0 Å². The molecule has 2 atom stereocenters. The van der Waals surface area contributed by atoms with Gasteiger partial charge in [-0.3, -0.25) is 0 Å². The molecule has 3 nitrogen and oxygen atoms in total. The summed E-state index contributed by atoms with van der Waals surface area (Å²) in [5.41, 5.74) is -2.49. The van der Waals surface area contributed by atoms with E-state index in [4.69, 9.17) is 0 Å². The molecule has 19 heavy (non-hydrogen) atoms. The van der Waals surface area contributed by atoms with Crippen molar-refractivity contribution in [2.75, 3.05) is 0 Å². The summed E-state index contributed by atoms with van der Waals surface area (Å²) in [6, 6.07) is 4.21. The van der Waals surface area contributed by atoms with Crippen LogP contribution in [0.1, 0.15) is 24.8 Å². The number of aliphatic carboxylic acids is 1. The lowest BCUT2D eigenvalue weighted by atomic mass is 9.80. The molecule has 0 saturated heterocycles. The Bertz CT molecular complexity index is 486. The maximum atomic E-state index is 13.2. The second-order valence-corrected chi connectivity index (χ2v) is 4.87. The fourth-order valence-corrected chi connectivity index (χ4v) is 2.54. The minimum Gasteiger partial charge on any atom is -0.479 e. The lowest BCUT2D eigenvalue weighted by Crippen LogP contribution is -2.42. The van der Waals surface area contributed by atoms with Gasteiger partial charge in [0.2, 0.25) is 5.92 Å². The van der Waals surface area contributed by atoms with Crippen LogP contribution in [-0.2, 0) is 10.4 Å². The summed E-state index contributed by atoms with van der Waals surface area (Å²) < 4.78 is 39.2. The molecule has 2 rings (SSSR count). The van der Waals surface area contributed by atoms with Crippen LogP contribution < -0.4 is 0 Å². The average Bonchev–Trinajstić information content (AvgIpc) is 2.69. The van der Waals surface area contributed by atoms with Crippen LogP contribution in [0.25, 0.3) is 0 Å². The summed E-state index contributed by atoms with van der Waals surface area (Å²) in [6.07, 6.45) is -1.23. The number of benzene rings is 1. The van der Waals surface area contributed by atoms with E-state index < -0.39 is 42.1 Å². The SMILES string of the molecule is O=C(O)[C@](O)(c1ccc(F)cc1)[C@@H]1CCC(F)(F)C1. The number of aliphatic hydroxyl groups is 1. The Morgan fingerprint density at radius 1 is 1.32 bits per heavy atom. The lowest BCUT2D eigenvalue weighted by Gasteiger charge is -2.30. The van der Waals surface area contributed by atoms with Gasteiger partial charge in [0.1, 0.15) is 5.82 Å². The van der Waals surface area contributed by atoms with E-state index in [9.17, 15) is 28.2 Å². The molecule has 6 heteroatoms. The molecule has 0 amide bonds. The van der Waals surface area contributed by atoms with Gasteiger partial charge in [-0.1, -0.05) is 12.1 Å². The van der Waals surface area contributed by atoms with Crippen LogP contribution in [0, 0.1) is 11.7 Å². The Labute approximate surface area is 107 Å². The zero-order chi connectivity index (χ0) is 14.3. The number of carbonyl (C=O) groups is 1. The van der Waals surface area contributed by atoms with Gasteiger partial charge in [-0.25, -0.2) is 18.0 Å². The molecule has 1 aliphatic rings. The topological polar surface area (TPSA) is 57.5 Å². The first-order chi connectivity index (χ1) is 8.75. The van der Waals surface area contributed by atoms with E-state index in [0.29, 0.717) is 0 Å². The van der Waals surface area contributed by atoms with Crippen molar-refractivity contribution in [2.24, 2.45) is 5.92 Å². The summed E-state index contributed by atoms with van der Waals surface area (Å²) >= 11 is 0. The Kier molecular flexibility index (Phi) is 3.30.